The van der Waals surface area contributed by atoms with Crippen LogP contribution in [0, 0.1) is 5.92 Å². The van der Waals surface area contributed by atoms with Gasteiger partial charge in [0.15, 0.2) is 0 Å². The maximum Gasteiger partial charge on any atom is 0.249 e. The van der Waals surface area contributed by atoms with Gasteiger partial charge in [-0.25, -0.2) is 0 Å². The molecule has 2 unspecified atom stereocenters. The summed E-state index contributed by atoms with van der Waals surface area (Å²) in [7, 11) is 0. The molecular formula is C16H24N2O. The molecule has 3 nitrogen and oxygen atoms in total. The summed E-state index contributed by atoms with van der Waals surface area (Å²) in [6.07, 6.45) is 6.53. The maximum absolute atomic E-state index is 11.4. The van der Waals surface area contributed by atoms with E-state index in [0.29, 0.717) is 17.5 Å². The molecule has 104 valence electrons. The SMILES string of the molecule is CC1CCCCCC1NCc1ccccc1C(N)=O. The lowest BCUT2D eigenvalue weighted by molar-refractivity contribution is 0.0999. The van der Waals surface area contributed by atoms with Crippen molar-refractivity contribution in [2.24, 2.45) is 11.7 Å². The Hall–Kier alpha value is -1.35. The Morgan fingerprint density at radius 3 is 2.79 bits per heavy atom. The molecule has 1 amide bonds. The highest BCUT2D eigenvalue weighted by molar-refractivity contribution is 5.94. The van der Waals surface area contributed by atoms with Crippen LogP contribution in [-0.4, -0.2) is 11.9 Å². The molecule has 2 rings (SSSR count). The molecule has 1 aromatic carbocycles. The van der Waals surface area contributed by atoms with E-state index in [2.05, 4.69) is 12.2 Å². The third-order valence-electron chi connectivity index (χ3n) is 4.20. The summed E-state index contributed by atoms with van der Waals surface area (Å²) in [5.74, 6) is 0.370. The molecule has 1 saturated carbocycles. The van der Waals surface area contributed by atoms with Gasteiger partial charge in [-0.3, -0.25) is 4.79 Å². The predicted octanol–water partition coefficient (Wildman–Crippen LogP) is 2.84. The number of rotatable bonds is 4. The van der Waals surface area contributed by atoms with E-state index < -0.39 is 0 Å². The summed E-state index contributed by atoms with van der Waals surface area (Å²) >= 11 is 0. The van der Waals surface area contributed by atoms with Gasteiger partial charge < -0.3 is 11.1 Å². The van der Waals surface area contributed by atoms with E-state index in [-0.39, 0.29) is 5.91 Å². The third kappa shape index (κ3) is 3.80. The molecule has 0 bridgehead atoms. The van der Waals surface area contributed by atoms with Crippen molar-refractivity contribution >= 4 is 5.91 Å². The first-order valence-electron chi connectivity index (χ1n) is 7.29. The van der Waals surface area contributed by atoms with Crippen molar-refractivity contribution in [1.82, 2.24) is 5.32 Å². The van der Waals surface area contributed by atoms with Gasteiger partial charge >= 0.3 is 0 Å². The predicted molar refractivity (Wildman–Crippen MR) is 77.8 cm³/mol. The summed E-state index contributed by atoms with van der Waals surface area (Å²) in [5.41, 5.74) is 7.05. The zero-order valence-corrected chi connectivity index (χ0v) is 11.7. The van der Waals surface area contributed by atoms with E-state index in [4.69, 9.17) is 5.73 Å². The molecule has 3 heteroatoms. The Morgan fingerprint density at radius 1 is 1.26 bits per heavy atom. The first-order chi connectivity index (χ1) is 9.18. The van der Waals surface area contributed by atoms with Crippen LogP contribution in [0.2, 0.25) is 0 Å². The van der Waals surface area contributed by atoms with Gasteiger partial charge in [-0.05, 0) is 30.4 Å². The van der Waals surface area contributed by atoms with Crippen LogP contribution >= 0.6 is 0 Å². The molecule has 1 aliphatic carbocycles. The van der Waals surface area contributed by atoms with Gasteiger partial charge in [0.1, 0.15) is 0 Å². The fourth-order valence-corrected chi connectivity index (χ4v) is 2.95. The number of nitrogens with one attached hydrogen (secondary N) is 1. The first-order valence-corrected chi connectivity index (χ1v) is 7.29. The molecule has 1 aliphatic rings. The van der Waals surface area contributed by atoms with Crippen molar-refractivity contribution in [2.45, 2.75) is 51.6 Å². The van der Waals surface area contributed by atoms with Crippen molar-refractivity contribution < 1.29 is 4.79 Å². The van der Waals surface area contributed by atoms with Crippen LogP contribution in [0.3, 0.4) is 0 Å². The van der Waals surface area contributed by atoms with Crippen molar-refractivity contribution in [3.8, 4) is 0 Å². The zero-order valence-electron chi connectivity index (χ0n) is 11.7. The summed E-state index contributed by atoms with van der Waals surface area (Å²) in [4.78, 5) is 11.4. The molecule has 0 aromatic heterocycles. The van der Waals surface area contributed by atoms with Gasteiger partial charge in [0.2, 0.25) is 5.91 Å². The Kier molecular flexibility index (Phi) is 4.97. The Morgan fingerprint density at radius 2 is 2.00 bits per heavy atom. The smallest absolute Gasteiger partial charge is 0.249 e. The molecule has 1 aromatic rings. The lowest BCUT2D eigenvalue weighted by Gasteiger charge is -2.23. The number of benzene rings is 1. The molecule has 19 heavy (non-hydrogen) atoms. The van der Waals surface area contributed by atoms with Gasteiger partial charge in [0, 0.05) is 18.2 Å². The van der Waals surface area contributed by atoms with Gasteiger partial charge in [0.25, 0.3) is 0 Å². The van der Waals surface area contributed by atoms with Crippen LogP contribution in [0.25, 0.3) is 0 Å². The molecule has 0 saturated heterocycles. The minimum absolute atomic E-state index is 0.341. The Labute approximate surface area is 115 Å². The highest BCUT2D eigenvalue weighted by Crippen LogP contribution is 2.23. The summed E-state index contributed by atoms with van der Waals surface area (Å²) in [5, 5.41) is 3.62. The van der Waals surface area contributed by atoms with Crippen LogP contribution in [0.15, 0.2) is 24.3 Å². The zero-order chi connectivity index (χ0) is 13.7. The van der Waals surface area contributed by atoms with E-state index >= 15 is 0 Å². The van der Waals surface area contributed by atoms with Gasteiger partial charge in [-0.1, -0.05) is 44.4 Å². The van der Waals surface area contributed by atoms with Crippen LogP contribution in [0.1, 0.15) is 54.9 Å². The first kappa shape index (κ1) is 14.1. The summed E-state index contributed by atoms with van der Waals surface area (Å²) in [6, 6.07) is 8.16. The molecule has 1 fully saturated rings. The van der Waals surface area contributed by atoms with E-state index in [1.807, 2.05) is 18.2 Å². The largest absolute Gasteiger partial charge is 0.366 e. The lowest BCUT2D eigenvalue weighted by Crippen LogP contribution is -2.34. The normalized spacial score (nSPS) is 23.8. The summed E-state index contributed by atoms with van der Waals surface area (Å²) < 4.78 is 0. The number of amides is 1. The van der Waals surface area contributed by atoms with Crippen molar-refractivity contribution in [3.05, 3.63) is 35.4 Å². The minimum Gasteiger partial charge on any atom is -0.366 e. The molecule has 0 radical (unpaired) electrons. The fourth-order valence-electron chi connectivity index (χ4n) is 2.95. The van der Waals surface area contributed by atoms with Crippen LogP contribution in [0.5, 0.6) is 0 Å². The minimum atomic E-state index is -0.341. The van der Waals surface area contributed by atoms with Crippen LogP contribution < -0.4 is 11.1 Å². The second-order valence-corrected chi connectivity index (χ2v) is 5.62. The number of primary amides is 1. The standard InChI is InChI=1S/C16H24N2O/c1-12-7-3-2-4-10-15(12)18-11-13-8-5-6-9-14(13)16(17)19/h5-6,8-9,12,15,18H,2-4,7,10-11H2,1H3,(H2,17,19). The molecule has 2 atom stereocenters. The van der Waals surface area contributed by atoms with Crippen molar-refractivity contribution in [1.29, 1.82) is 0 Å². The highest BCUT2D eigenvalue weighted by Gasteiger charge is 2.19. The Balaban J connectivity index is 1.99. The number of nitrogens with two attached hydrogens (primary N) is 1. The van der Waals surface area contributed by atoms with Gasteiger partial charge in [-0.2, -0.15) is 0 Å². The fraction of sp³-hybridized carbons (Fsp3) is 0.562. The quantitative estimate of drug-likeness (QED) is 0.818. The average molecular weight is 260 g/mol. The van der Waals surface area contributed by atoms with Crippen molar-refractivity contribution in [3.63, 3.8) is 0 Å². The van der Waals surface area contributed by atoms with E-state index in [1.54, 1.807) is 6.07 Å². The van der Waals surface area contributed by atoms with Crippen molar-refractivity contribution in [2.75, 3.05) is 0 Å². The monoisotopic (exact) mass is 260 g/mol. The van der Waals surface area contributed by atoms with Gasteiger partial charge in [-0.15, -0.1) is 0 Å². The van der Waals surface area contributed by atoms with E-state index in [1.165, 1.54) is 32.1 Å². The lowest BCUT2D eigenvalue weighted by atomic mass is 9.96. The number of carbonyl (C=O) groups excluding carboxylic acids is 1. The molecule has 0 aliphatic heterocycles. The molecular weight excluding hydrogens is 236 g/mol. The Bertz CT molecular complexity index is 431. The second kappa shape index (κ2) is 6.71. The van der Waals surface area contributed by atoms with Crippen LogP contribution in [-0.2, 0) is 6.54 Å². The van der Waals surface area contributed by atoms with Gasteiger partial charge in [0.05, 0.1) is 0 Å². The molecule has 3 N–H and O–H groups in total. The third-order valence-corrected chi connectivity index (χ3v) is 4.20. The van der Waals surface area contributed by atoms with Crippen LogP contribution in [0.4, 0.5) is 0 Å². The number of carbonyl (C=O) groups is 1. The average Bonchev–Trinajstić information content (AvgIpc) is 2.61. The topological polar surface area (TPSA) is 55.1 Å². The highest BCUT2D eigenvalue weighted by atomic mass is 16.1. The van der Waals surface area contributed by atoms with E-state index in [0.717, 1.165) is 12.1 Å². The van der Waals surface area contributed by atoms with E-state index in [9.17, 15) is 4.79 Å². The maximum atomic E-state index is 11.4. The number of hydrogen-bond donors (Lipinski definition) is 2. The molecule has 0 spiro atoms. The molecule has 0 heterocycles. The second-order valence-electron chi connectivity index (χ2n) is 5.62. The number of hydrogen-bond acceptors (Lipinski definition) is 2. The summed E-state index contributed by atoms with van der Waals surface area (Å²) in [6.45, 7) is 3.05.